The molecule has 0 saturated carbocycles. The van der Waals surface area contributed by atoms with Gasteiger partial charge in [-0.25, -0.2) is 4.79 Å². The SMILES string of the molecule is Nc1ccn(C2O[C@H](COC(=O)CCC(=O)Oc3ccc(/C(=N/O)c4ccc([N+](=O)[O-])cc4)cc3)[C@@H](O)[C@H]2O)c(=O)n1. The van der Waals surface area contributed by atoms with E-state index in [0.717, 1.165) is 4.57 Å². The Morgan fingerprint density at radius 1 is 1.02 bits per heavy atom. The number of nitrogen functional groups attached to an aromatic ring is 1. The Labute approximate surface area is 236 Å². The third-order valence-electron chi connectivity index (χ3n) is 6.22. The molecule has 0 spiro atoms. The second kappa shape index (κ2) is 13.0. The predicted molar refractivity (Wildman–Crippen MR) is 142 cm³/mol. The topological polar surface area (TPSA) is 239 Å². The predicted octanol–water partition coefficient (Wildman–Crippen LogP) is 0.508. The Hall–Kier alpha value is -5.19. The van der Waals surface area contributed by atoms with Crippen LogP contribution in [-0.4, -0.2) is 72.5 Å². The van der Waals surface area contributed by atoms with E-state index in [9.17, 15) is 39.9 Å². The van der Waals surface area contributed by atoms with Crippen molar-refractivity contribution in [3.8, 4) is 5.75 Å². The van der Waals surface area contributed by atoms with Gasteiger partial charge in [-0.3, -0.25) is 24.3 Å². The van der Waals surface area contributed by atoms with E-state index >= 15 is 0 Å². The van der Waals surface area contributed by atoms with E-state index in [1.807, 2.05) is 0 Å². The van der Waals surface area contributed by atoms with Gasteiger partial charge in [0.15, 0.2) is 6.23 Å². The number of anilines is 1. The molecular formula is C26H25N5O11. The lowest BCUT2D eigenvalue weighted by Gasteiger charge is -2.16. The molecular weight excluding hydrogens is 558 g/mol. The van der Waals surface area contributed by atoms with Crippen molar-refractivity contribution < 1.29 is 44.1 Å². The molecule has 4 atom stereocenters. The Balaban J connectivity index is 1.24. The van der Waals surface area contributed by atoms with Gasteiger partial charge in [0, 0.05) is 29.5 Å². The maximum absolute atomic E-state index is 12.2. The van der Waals surface area contributed by atoms with Crippen molar-refractivity contribution in [3.63, 3.8) is 0 Å². The second-order valence-corrected chi connectivity index (χ2v) is 9.02. The number of benzene rings is 2. The number of non-ortho nitro benzene ring substituents is 1. The lowest BCUT2D eigenvalue weighted by atomic mass is 10.0. The first-order valence-electron chi connectivity index (χ1n) is 12.4. The van der Waals surface area contributed by atoms with Crippen LogP contribution >= 0.6 is 0 Å². The highest BCUT2D eigenvalue weighted by atomic mass is 16.6. The summed E-state index contributed by atoms with van der Waals surface area (Å²) in [6, 6.07) is 12.6. The third kappa shape index (κ3) is 6.92. The first kappa shape index (κ1) is 29.8. The van der Waals surface area contributed by atoms with E-state index in [-0.39, 0.29) is 35.8 Å². The molecule has 1 aliphatic rings. The van der Waals surface area contributed by atoms with Gasteiger partial charge < -0.3 is 35.4 Å². The quantitative estimate of drug-likeness (QED) is 0.0636. The van der Waals surface area contributed by atoms with Crippen molar-refractivity contribution in [1.29, 1.82) is 0 Å². The van der Waals surface area contributed by atoms with Gasteiger partial charge in [-0.2, -0.15) is 4.98 Å². The minimum absolute atomic E-state index is 0.0322. The first-order chi connectivity index (χ1) is 20.1. The van der Waals surface area contributed by atoms with Gasteiger partial charge in [0.05, 0.1) is 17.8 Å². The molecule has 4 rings (SSSR count). The van der Waals surface area contributed by atoms with Gasteiger partial charge in [-0.1, -0.05) is 5.16 Å². The van der Waals surface area contributed by atoms with Crippen LogP contribution in [0.4, 0.5) is 11.5 Å². The molecule has 0 radical (unpaired) electrons. The molecule has 1 aromatic heterocycles. The fourth-order valence-electron chi connectivity index (χ4n) is 4.05. The van der Waals surface area contributed by atoms with Gasteiger partial charge in [-0.15, -0.1) is 0 Å². The van der Waals surface area contributed by atoms with Crippen molar-refractivity contribution in [2.24, 2.45) is 5.16 Å². The Bertz CT molecular complexity index is 1540. The Kier molecular flexibility index (Phi) is 9.21. The molecule has 3 aromatic rings. The average Bonchev–Trinajstić information content (AvgIpc) is 3.25. The maximum Gasteiger partial charge on any atom is 0.351 e. The fourth-order valence-corrected chi connectivity index (χ4v) is 4.05. The van der Waals surface area contributed by atoms with Crippen LogP contribution in [0.5, 0.6) is 5.75 Å². The molecule has 1 fully saturated rings. The lowest BCUT2D eigenvalue weighted by Crippen LogP contribution is -2.36. The van der Waals surface area contributed by atoms with E-state index in [0.29, 0.717) is 11.1 Å². The van der Waals surface area contributed by atoms with Crippen LogP contribution in [0.3, 0.4) is 0 Å². The summed E-state index contributed by atoms with van der Waals surface area (Å²) in [4.78, 5) is 50.2. The van der Waals surface area contributed by atoms with Crippen LogP contribution in [-0.2, 0) is 19.1 Å². The smallest absolute Gasteiger partial charge is 0.351 e. The van der Waals surface area contributed by atoms with Crippen molar-refractivity contribution >= 4 is 29.2 Å². The molecule has 2 aromatic carbocycles. The number of nitrogens with two attached hydrogens (primary N) is 1. The number of rotatable bonds is 10. The summed E-state index contributed by atoms with van der Waals surface area (Å²) in [5, 5.41) is 44.0. The minimum Gasteiger partial charge on any atom is -0.463 e. The average molecular weight is 584 g/mol. The van der Waals surface area contributed by atoms with Crippen molar-refractivity contribution in [2.45, 2.75) is 37.4 Å². The summed E-state index contributed by atoms with van der Waals surface area (Å²) in [6.07, 6.45) is -4.85. The molecule has 0 bridgehead atoms. The normalized spacial score (nSPS) is 20.2. The van der Waals surface area contributed by atoms with E-state index in [4.69, 9.17) is 19.9 Å². The molecule has 1 saturated heterocycles. The zero-order valence-corrected chi connectivity index (χ0v) is 21.7. The van der Waals surface area contributed by atoms with E-state index in [2.05, 4.69) is 10.1 Å². The molecule has 16 heteroatoms. The summed E-state index contributed by atoms with van der Waals surface area (Å²) >= 11 is 0. The number of aliphatic hydroxyl groups excluding tert-OH is 2. The number of ether oxygens (including phenoxy) is 3. The first-order valence-corrected chi connectivity index (χ1v) is 12.4. The Morgan fingerprint density at radius 3 is 2.24 bits per heavy atom. The van der Waals surface area contributed by atoms with E-state index < -0.39 is 53.7 Å². The van der Waals surface area contributed by atoms with Gasteiger partial charge >= 0.3 is 17.6 Å². The fraction of sp³-hybridized carbons (Fsp3) is 0.269. The molecule has 16 nitrogen and oxygen atoms in total. The van der Waals surface area contributed by atoms with Crippen LogP contribution < -0.4 is 16.2 Å². The van der Waals surface area contributed by atoms with E-state index in [1.54, 1.807) is 0 Å². The zero-order chi connectivity index (χ0) is 30.4. The van der Waals surface area contributed by atoms with Crippen LogP contribution in [0, 0.1) is 10.1 Å². The van der Waals surface area contributed by atoms with Crippen LogP contribution in [0.1, 0.15) is 30.2 Å². The highest BCUT2D eigenvalue weighted by Crippen LogP contribution is 2.28. The number of carbonyl (C=O) groups excluding carboxylic acids is 2. The summed E-state index contributed by atoms with van der Waals surface area (Å²) in [6.45, 7) is -0.454. The number of nitrogens with zero attached hydrogens (tertiary/aromatic N) is 4. The zero-order valence-electron chi connectivity index (χ0n) is 21.7. The monoisotopic (exact) mass is 583 g/mol. The Morgan fingerprint density at radius 2 is 1.64 bits per heavy atom. The third-order valence-corrected chi connectivity index (χ3v) is 6.22. The standard InChI is InChI=1S/C26H25N5O11/c27-19-11-12-30(26(36)28-19)25-24(35)23(34)18(42-25)13-40-20(32)9-10-21(33)41-17-7-3-15(4-8-17)22(29-37)14-1-5-16(6-2-14)31(38)39/h1-8,11-12,18,23-25,34-35,37H,9-10,13H2,(H2,27,28,36)/b29-22+/t18-,23-,24-,25?/m1/s1. The van der Waals surface area contributed by atoms with E-state index in [1.165, 1.54) is 60.8 Å². The number of hydrogen-bond acceptors (Lipinski definition) is 14. The van der Waals surface area contributed by atoms with Crippen molar-refractivity contribution in [1.82, 2.24) is 9.55 Å². The van der Waals surface area contributed by atoms with Crippen LogP contribution in [0.2, 0.25) is 0 Å². The molecule has 1 unspecified atom stereocenters. The highest BCUT2D eigenvalue weighted by Gasteiger charge is 2.44. The molecule has 1 aliphatic heterocycles. The lowest BCUT2D eigenvalue weighted by molar-refractivity contribution is -0.384. The van der Waals surface area contributed by atoms with Gasteiger partial charge in [-0.05, 0) is 42.5 Å². The minimum atomic E-state index is -1.51. The molecule has 0 amide bonds. The van der Waals surface area contributed by atoms with Crippen LogP contribution in [0.25, 0.3) is 0 Å². The number of esters is 2. The van der Waals surface area contributed by atoms with Crippen LogP contribution in [0.15, 0.2) is 70.7 Å². The number of carbonyl (C=O) groups is 2. The van der Waals surface area contributed by atoms with Gasteiger partial charge in [0.2, 0.25) is 0 Å². The molecule has 42 heavy (non-hydrogen) atoms. The van der Waals surface area contributed by atoms with Crippen molar-refractivity contribution in [2.75, 3.05) is 12.3 Å². The molecule has 5 N–H and O–H groups in total. The summed E-state index contributed by atoms with van der Waals surface area (Å²) < 4.78 is 16.7. The molecule has 2 heterocycles. The van der Waals surface area contributed by atoms with Crippen molar-refractivity contribution in [3.05, 3.63) is 92.5 Å². The van der Waals surface area contributed by atoms with Gasteiger partial charge in [0.25, 0.3) is 5.69 Å². The number of hydrogen-bond donors (Lipinski definition) is 4. The number of aliphatic hydroxyl groups is 2. The largest absolute Gasteiger partial charge is 0.463 e. The number of nitro groups is 1. The number of aromatic nitrogens is 2. The number of oxime groups is 1. The maximum atomic E-state index is 12.2. The molecule has 0 aliphatic carbocycles. The summed E-state index contributed by atoms with van der Waals surface area (Å²) in [5.41, 5.74) is 5.52. The van der Waals surface area contributed by atoms with Gasteiger partial charge in [0.1, 0.15) is 42.2 Å². The summed E-state index contributed by atoms with van der Waals surface area (Å²) in [5.74, 6) is -1.42. The summed E-state index contributed by atoms with van der Waals surface area (Å²) in [7, 11) is 0. The number of nitro benzene ring substituents is 1. The highest BCUT2D eigenvalue weighted by molar-refractivity contribution is 6.12. The second-order valence-electron chi connectivity index (χ2n) is 9.02. The molecule has 220 valence electrons.